The second kappa shape index (κ2) is 7.28. The van der Waals surface area contributed by atoms with Gasteiger partial charge in [-0.1, -0.05) is 60.7 Å². The zero-order chi connectivity index (χ0) is 19.9. The van der Waals surface area contributed by atoms with Crippen molar-refractivity contribution >= 4 is 0 Å². The summed E-state index contributed by atoms with van der Waals surface area (Å²) < 4.78 is 9.69. The van der Waals surface area contributed by atoms with E-state index in [0.29, 0.717) is 12.1 Å². The quantitative estimate of drug-likeness (QED) is 0.459. The average Bonchev–Trinajstić information content (AvgIpc) is 3.53. The first-order valence-electron chi connectivity index (χ1n) is 11.1. The molecule has 0 spiro atoms. The van der Waals surface area contributed by atoms with Gasteiger partial charge in [0, 0.05) is 25.7 Å². The summed E-state index contributed by atoms with van der Waals surface area (Å²) in [5, 5.41) is 0. The van der Waals surface area contributed by atoms with Crippen molar-refractivity contribution in [1.82, 2.24) is 9.13 Å². The number of hydrogen-bond acceptors (Lipinski definition) is 0. The third-order valence-corrected chi connectivity index (χ3v) is 6.84. The minimum Gasteiger partial charge on any atom is -0.232 e. The van der Waals surface area contributed by atoms with Crippen molar-refractivity contribution < 1.29 is 9.13 Å². The SMILES string of the molecule is c1ccc([C@H]2CCc3c[n+](CC[n+]4cc5n(c4)[C@@H](c4ccccc4)CC5)cn32)cc1. The van der Waals surface area contributed by atoms with Gasteiger partial charge in [-0.2, -0.15) is 0 Å². The Hall–Kier alpha value is -3.14. The van der Waals surface area contributed by atoms with Crippen LogP contribution < -0.4 is 9.13 Å². The Morgan fingerprint density at radius 3 is 1.50 bits per heavy atom. The lowest BCUT2D eigenvalue weighted by atomic mass is 10.1. The average molecular weight is 397 g/mol. The molecule has 0 saturated carbocycles. The van der Waals surface area contributed by atoms with Crippen molar-refractivity contribution in [3.63, 3.8) is 0 Å². The molecule has 4 aromatic rings. The van der Waals surface area contributed by atoms with Crippen molar-refractivity contribution in [3.05, 3.63) is 108 Å². The zero-order valence-corrected chi connectivity index (χ0v) is 17.3. The monoisotopic (exact) mass is 396 g/mol. The Kier molecular flexibility index (Phi) is 4.29. The van der Waals surface area contributed by atoms with E-state index in [1.54, 1.807) is 0 Å². The van der Waals surface area contributed by atoms with E-state index in [4.69, 9.17) is 0 Å². The molecule has 0 saturated heterocycles. The molecule has 0 aliphatic carbocycles. The molecular formula is C26H28N4+2. The molecule has 150 valence electrons. The normalized spacial score (nSPS) is 19.7. The van der Waals surface area contributed by atoms with Gasteiger partial charge in [0.15, 0.2) is 0 Å². The van der Waals surface area contributed by atoms with E-state index < -0.39 is 0 Å². The maximum Gasteiger partial charge on any atom is 0.244 e. The fourth-order valence-electron chi connectivity index (χ4n) is 5.33. The fraction of sp³-hybridized carbons (Fsp3) is 0.308. The van der Waals surface area contributed by atoms with E-state index in [1.165, 1.54) is 48.2 Å². The number of aryl methyl sites for hydroxylation is 4. The number of nitrogens with zero attached hydrogens (tertiary/aromatic N) is 4. The van der Waals surface area contributed by atoms with Gasteiger partial charge in [-0.05, 0) is 11.1 Å². The maximum atomic E-state index is 2.48. The molecule has 4 heteroatoms. The van der Waals surface area contributed by atoms with Gasteiger partial charge in [0.1, 0.15) is 49.0 Å². The molecule has 2 aromatic carbocycles. The lowest BCUT2D eigenvalue weighted by Gasteiger charge is -2.08. The molecular weight excluding hydrogens is 368 g/mol. The molecule has 0 unspecified atom stereocenters. The third kappa shape index (κ3) is 3.07. The number of imidazole rings is 2. The molecule has 4 nitrogen and oxygen atoms in total. The van der Waals surface area contributed by atoms with Gasteiger partial charge >= 0.3 is 0 Å². The predicted octanol–water partition coefficient (Wildman–Crippen LogP) is 3.64. The van der Waals surface area contributed by atoms with Crippen LogP contribution in [0.2, 0.25) is 0 Å². The van der Waals surface area contributed by atoms with Gasteiger partial charge < -0.3 is 0 Å². The number of aromatic nitrogens is 4. The van der Waals surface area contributed by atoms with Crippen LogP contribution in [-0.4, -0.2) is 9.13 Å². The summed E-state index contributed by atoms with van der Waals surface area (Å²) in [5.74, 6) is 0. The lowest BCUT2D eigenvalue weighted by Crippen LogP contribution is -2.43. The minimum atomic E-state index is 0.486. The molecule has 2 aliphatic heterocycles. The van der Waals surface area contributed by atoms with Crippen LogP contribution in [0.1, 0.15) is 47.4 Å². The van der Waals surface area contributed by atoms with Crippen LogP contribution in [0, 0.1) is 0 Å². The molecule has 0 radical (unpaired) electrons. The largest absolute Gasteiger partial charge is 0.244 e. The fourth-order valence-corrected chi connectivity index (χ4v) is 5.33. The van der Waals surface area contributed by atoms with E-state index in [0.717, 1.165) is 13.1 Å². The first kappa shape index (κ1) is 17.7. The highest BCUT2D eigenvalue weighted by atomic mass is 15.2. The van der Waals surface area contributed by atoms with E-state index >= 15 is 0 Å². The molecule has 2 aliphatic rings. The highest BCUT2D eigenvalue weighted by Crippen LogP contribution is 2.31. The summed E-state index contributed by atoms with van der Waals surface area (Å²) in [7, 11) is 0. The second-order valence-electron chi connectivity index (χ2n) is 8.69. The van der Waals surface area contributed by atoms with Crippen molar-refractivity contribution in [2.75, 3.05) is 0 Å². The number of hydrogen-bond donors (Lipinski definition) is 0. The Morgan fingerprint density at radius 2 is 1.07 bits per heavy atom. The molecule has 0 fully saturated rings. The van der Waals surface area contributed by atoms with Crippen LogP contribution in [-0.2, 0) is 25.9 Å². The topological polar surface area (TPSA) is 17.6 Å². The van der Waals surface area contributed by atoms with Crippen molar-refractivity contribution in [3.8, 4) is 0 Å². The summed E-state index contributed by atoms with van der Waals surface area (Å²) in [4.78, 5) is 0. The third-order valence-electron chi connectivity index (χ3n) is 6.84. The highest BCUT2D eigenvalue weighted by molar-refractivity contribution is 5.24. The molecule has 30 heavy (non-hydrogen) atoms. The van der Waals surface area contributed by atoms with Gasteiger partial charge in [0.2, 0.25) is 12.7 Å². The molecule has 0 amide bonds. The van der Waals surface area contributed by atoms with Crippen LogP contribution >= 0.6 is 0 Å². The number of rotatable bonds is 5. The van der Waals surface area contributed by atoms with Crippen LogP contribution in [0.5, 0.6) is 0 Å². The zero-order valence-electron chi connectivity index (χ0n) is 17.3. The van der Waals surface area contributed by atoms with E-state index in [-0.39, 0.29) is 0 Å². The molecule has 2 atom stereocenters. The summed E-state index contributed by atoms with van der Waals surface area (Å²) >= 11 is 0. The Labute approximate surface area is 177 Å². The first-order valence-corrected chi connectivity index (χ1v) is 11.1. The Morgan fingerprint density at radius 1 is 0.633 bits per heavy atom. The summed E-state index contributed by atoms with van der Waals surface area (Å²) in [5.41, 5.74) is 5.75. The number of benzene rings is 2. The second-order valence-corrected chi connectivity index (χ2v) is 8.69. The summed E-state index contributed by atoms with van der Waals surface area (Å²) in [6.45, 7) is 2.01. The van der Waals surface area contributed by atoms with Gasteiger partial charge in [0.05, 0.1) is 0 Å². The van der Waals surface area contributed by atoms with Crippen LogP contribution in [0.4, 0.5) is 0 Å². The predicted molar refractivity (Wildman–Crippen MR) is 115 cm³/mol. The van der Waals surface area contributed by atoms with Crippen molar-refractivity contribution in [2.24, 2.45) is 0 Å². The molecule has 2 aromatic heterocycles. The van der Waals surface area contributed by atoms with Crippen LogP contribution in [0.15, 0.2) is 85.7 Å². The standard InChI is InChI=1S/C26H28N4/c1-3-7-21(8-4-1)25-13-11-23-17-27(19-29(23)25)15-16-28-18-24-12-14-26(30(24)20-28)22-9-5-2-6-10-22/h1-10,17-20,25-26H,11-16H2/q+2/t25-,26-/m1/s1. The molecule has 4 heterocycles. The van der Waals surface area contributed by atoms with Gasteiger partial charge in [0.25, 0.3) is 0 Å². The van der Waals surface area contributed by atoms with Crippen LogP contribution in [0.3, 0.4) is 0 Å². The van der Waals surface area contributed by atoms with Gasteiger partial charge in [-0.15, -0.1) is 0 Å². The van der Waals surface area contributed by atoms with E-state index in [9.17, 15) is 0 Å². The lowest BCUT2D eigenvalue weighted by molar-refractivity contribution is -0.778. The number of fused-ring (bicyclic) bond motifs is 2. The molecule has 0 N–H and O–H groups in total. The molecule has 0 bridgehead atoms. The maximum absolute atomic E-state index is 2.48. The summed E-state index contributed by atoms with van der Waals surface area (Å²) in [6, 6.07) is 22.8. The first-order chi connectivity index (χ1) is 14.8. The van der Waals surface area contributed by atoms with Gasteiger partial charge in [-0.25, -0.2) is 18.3 Å². The van der Waals surface area contributed by atoms with Gasteiger partial charge in [-0.3, -0.25) is 0 Å². The smallest absolute Gasteiger partial charge is 0.232 e. The van der Waals surface area contributed by atoms with Crippen molar-refractivity contribution in [1.29, 1.82) is 0 Å². The Balaban J connectivity index is 1.17. The van der Waals surface area contributed by atoms with E-state index in [1.807, 2.05) is 0 Å². The Bertz CT molecular complexity index is 1060. The van der Waals surface area contributed by atoms with Crippen LogP contribution in [0.25, 0.3) is 0 Å². The minimum absolute atomic E-state index is 0.486. The summed E-state index contributed by atoms with van der Waals surface area (Å²) in [6.07, 6.45) is 14.1. The molecule has 6 rings (SSSR count). The van der Waals surface area contributed by atoms with E-state index in [2.05, 4.69) is 104 Å². The highest BCUT2D eigenvalue weighted by Gasteiger charge is 2.32. The van der Waals surface area contributed by atoms with Crippen molar-refractivity contribution in [2.45, 2.75) is 50.9 Å².